The van der Waals surface area contributed by atoms with Crippen molar-refractivity contribution in [1.29, 1.82) is 0 Å². The molecule has 0 spiro atoms. The van der Waals surface area contributed by atoms with Crippen molar-refractivity contribution in [2.24, 2.45) is 7.05 Å². The van der Waals surface area contributed by atoms with Crippen molar-refractivity contribution in [3.63, 3.8) is 0 Å². The van der Waals surface area contributed by atoms with Gasteiger partial charge in [-0.2, -0.15) is 5.10 Å². The van der Waals surface area contributed by atoms with Crippen LogP contribution < -0.4 is 5.32 Å². The van der Waals surface area contributed by atoms with Gasteiger partial charge in [-0.15, -0.1) is 0 Å². The van der Waals surface area contributed by atoms with Gasteiger partial charge in [-0.25, -0.2) is 0 Å². The third kappa shape index (κ3) is 3.50. The maximum Gasteiger partial charge on any atom is 0.0762 e. The van der Waals surface area contributed by atoms with Crippen molar-refractivity contribution in [2.75, 3.05) is 0 Å². The van der Waals surface area contributed by atoms with Gasteiger partial charge >= 0.3 is 0 Å². The van der Waals surface area contributed by atoms with E-state index in [9.17, 15) is 0 Å². The zero-order valence-corrected chi connectivity index (χ0v) is 9.45. The highest BCUT2D eigenvalue weighted by Crippen LogP contribution is 2.02. The fraction of sp³-hybridized carbons (Fsp3) is 0.727. The molecular formula is C11H21N3. The minimum absolute atomic E-state index is 0.641. The largest absolute Gasteiger partial charge is 0.308 e. The van der Waals surface area contributed by atoms with Gasteiger partial charge in [0.2, 0.25) is 0 Å². The quantitative estimate of drug-likeness (QED) is 0.753. The van der Waals surface area contributed by atoms with E-state index in [1.165, 1.54) is 19.3 Å². The van der Waals surface area contributed by atoms with Gasteiger partial charge in [-0.05, 0) is 18.9 Å². The van der Waals surface area contributed by atoms with Crippen molar-refractivity contribution in [2.45, 2.75) is 45.7 Å². The molecule has 0 radical (unpaired) electrons. The molecule has 0 bridgehead atoms. The highest BCUT2D eigenvalue weighted by atomic mass is 15.3. The van der Waals surface area contributed by atoms with Crippen LogP contribution in [0.3, 0.4) is 0 Å². The Bertz CT molecular complexity index is 255. The maximum atomic E-state index is 4.33. The molecule has 1 heterocycles. The molecule has 0 amide bonds. The molecule has 1 rings (SSSR count). The Hall–Kier alpha value is -0.830. The minimum atomic E-state index is 0.641. The molecule has 1 N–H and O–H groups in total. The Kier molecular flexibility index (Phi) is 4.66. The third-order valence-corrected chi connectivity index (χ3v) is 2.47. The van der Waals surface area contributed by atoms with Gasteiger partial charge in [-0.3, -0.25) is 4.68 Å². The van der Waals surface area contributed by atoms with Crippen molar-refractivity contribution >= 4 is 0 Å². The normalized spacial score (nSPS) is 13.1. The lowest BCUT2D eigenvalue weighted by atomic mass is 10.1. The molecule has 0 saturated heterocycles. The topological polar surface area (TPSA) is 29.9 Å². The smallest absolute Gasteiger partial charge is 0.0762 e. The first kappa shape index (κ1) is 11.2. The first-order valence-corrected chi connectivity index (χ1v) is 5.48. The predicted molar refractivity (Wildman–Crippen MR) is 59.0 cm³/mol. The molecule has 3 nitrogen and oxygen atoms in total. The highest BCUT2D eigenvalue weighted by Gasteiger charge is 2.04. The van der Waals surface area contributed by atoms with Crippen LogP contribution in [-0.2, 0) is 13.6 Å². The molecule has 1 unspecified atom stereocenters. The molecule has 0 aliphatic carbocycles. The Morgan fingerprint density at radius 1 is 1.50 bits per heavy atom. The van der Waals surface area contributed by atoms with Crippen LogP contribution in [0.5, 0.6) is 0 Å². The summed E-state index contributed by atoms with van der Waals surface area (Å²) >= 11 is 0. The summed E-state index contributed by atoms with van der Waals surface area (Å²) in [5.41, 5.74) is 1.13. The average Bonchev–Trinajstić information content (AvgIpc) is 2.59. The third-order valence-electron chi connectivity index (χ3n) is 2.47. The Balaban J connectivity index is 2.31. The SMILES string of the molecule is CCCC(CC)NCc1ccn(C)n1. The van der Waals surface area contributed by atoms with E-state index in [1.807, 2.05) is 17.9 Å². The number of hydrogen-bond donors (Lipinski definition) is 1. The monoisotopic (exact) mass is 195 g/mol. The molecule has 80 valence electrons. The Morgan fingerprint density at radius 3 is 2.79 bits per heavy atom. The number of aromatic nitrogens is 2. The summed E-state index contributed by atoms with van der Waals surface area (Å²) in [7, 11) is 1.95. The maximum absolute atomic E-state index is 4.33. The van der Waals surface area contributed by atoms with Crippen molar-refractivity contribution in [3.05, 3.63) is 18.0 Å². The van der Waals surface area contributed by atoms with Crippen LogP contribution in [0.4, 0.5) is 0 Å². The molecule has 0 aliphatic rings. The number of hydrogen-bond acceptors (Lipinski definition) is 2. The van der Waals surface area contributed by atoms with Gasteiger partial charge in [0.25, 0.3) is 0 Å². The van der Waals surface area contributed by atoms with E-state index in [0.717, 1.165) is 12.2 Å². The molecule has 1 aromatic rings. The van der Waals surface area contributed by atoms with Crippen molar-refractivity contribution in [3.8, 4) is 0 Å². The molecule has 0 aromatic carbocycles. The Labute approximate surface area is 86.5 Å². The van der Waals surface area contributed by atoms with Crippen LogP contribution in [0.25, 0.3) is 0 Å². The Morgan fingerprint density at radius 2 is 2.29 bits per heavy atom. The van der Waals surface area contributed by atoms with Crippen LogP contribution in [0, 0.1) is 0 Å². The summed E-state index contributed by atoms with van der Waals surface area (Å²) in [6.45, 7) is 5.34. The molecule has 0 fully saturated rings. The fourth-order valence-corrected chi connectivity index (χ4v) is 1.61. The highest BCUT2D eigenvalue weighted by molar-refractivity contribution is 4.98. The van der Waals surface area contributed by atoms with E-state index in [2.05, 4.69) is 30.3 Å². The fourth-order valence-electron chi connectivity index (χ4n) is 1.61. The molecule has 3 heteroatoms. The van der Waals surface area contributed by atoms with E-state index in [1.54, 1.807) is 0 Å². The van der Waals surface area contributed by atoms with E-state index < -0.39 is 0 Å². The summed E-state index contributed by atoms with van der Waals surface area (Å²) in [5.74, 6) is 0. The summed E-state index contributed by atoms with van der Waals surface area (Å²) in [4.78, 5) is 0. The van der Waals surface area contributed by atoms with Crippen LogP contribution >= 0.6 is 0 Å². The average molecular weight is 195 g/mol. The molecule has 0 saturated carbocycles. The van der Waals surface area contributed by atoms with Gasteiger partial charge in [-0.1, -0.05) is 20.3 Å². The second kappa shape index (κ2) is 5.81. The van der Waals surface area contributed by atoms with Gasteiger partial charge in [0, 0.05) is 25.8 Å². The summed E-state index contributed by atoms with van der Waals surface area (Å²) in [5, 5.41) is 7.86. The number of nitrogens with zero attached hydrogens (tertiary/aromatic N) is 2. The molecule has 14 heavy (non-hydrogen) atoms. The molecule has 0 aliphatic heterocycles. The summed E-state index contributed by atoms with van der Waals surface area (Å²) < 4.78 is 1.85. The number of nitrogens with one attached hydrogen (secondary N) is 1. The number of rotatable bonds is 6. The second-order valence-electron chi connectivity index (χ2n) is 3.76. The summed E-state index contributed by atoms with van der Waals surface area (Å²) in [6, 6.07) is 2.70. The van der Waals surface area contributed by atoms with Crippen molar-refractivity contribution < 1.29 is 0 Å². The first-order valence-electron chi connectivity index (χ1n) is 5.48. The molecule has 1 aromatic heterocycles. The van der Waals surface area contributed by atoms with Crippen LogP contribution in [0.2, 0.25) is 0 Å². The molecular weight excluding hydrogens is 174 g/mol. The van der Waals surface area contributed by atoms with Gasteiger partial charge in [0.15, 0.2) is 0 Å². The summed E-state index contributed by atoms with van der Waals surface area (Å²) in [6.07, 6.45) is 5.68. The predicted octanol–water partition coefficient (Wildman–Crippen LogP) is 2.09. The molecule has 1 atom stereocenters. The van der Waals surface area contributed by atoms with E-state index in [4.69, 9.17) is 0 Å². The van der Waals surface area contributed by atoms with Crippen LogP contribution in [0.15, 0.2) is 12.3 Å². The first-order chi connectivity index (χ1) is 6.76. The number of aryl methyl sites for hydroxylation is 1. The van der Waals surface area contributed by atoms with Gasteiger partial charge in [0.05, 0.1) is 5.69 Å². The lowest BCUT2D eigenvalue weighted by Crippen LogP contribution is -2.27. The lowest BCUT2D eigenvalue weighted by Gasteiger charge is -2.14. The van der Waals surface area contributed by atoms with E-state index in [0.29, 0.717) is 6.04 Å². The zero-order valence-electron chi connectivity index (χ0n) is 9.45. The van der Waals surface area contributed by atoms with E-state index >= 15 is 0 Å². The van der Waals surface area contributed by atoms with Crippen LogP contribution in [-0.4, -0.2) is 15.8 Å². The zero-order chi connectivity index (χ0) is 10.4. The second-order valence-corrected chi connectivity index (χ2v) is 3.76. The van der Waals surface area contributed by atoms with Gasteiger partial charge < -0.3 is 5.32 Å². The van der Waals surface area contributed by atoms with E-state index in [-0.39, 0.29) is 0 Å². The van der Waals surface area contributed by atoms with Gasteiger partial charge in [0.1, 0.15) is 0 Å². The standard InChI is InChI=1S/C11H21N3/c1-4-6-10(5-2)12-9-11-7-8-14(3)13-11/h7-8,10,12H,4-6,9H2,1-3H3. The lowest BCUT2D eigenvalue weighted by molar-refractivity contribution is 0.458. The van der Waals surface area contributed by atoms with Crippen LogP contribution in [0.1, 0.15) is 38.8 Å². The van der Waals surface area contributed by atoms with Crippen molar-refractivity contribution in [1.82, 2.24) is 15.1 Å². The minimum Gasteiger partial charge on any atom is -0.308 e.